The Balaban J connectivity index is 2.41. The zero-order valence-corrected chi connectivity index (χ0v) is 10.8. The van der Waals surface area contributed by atoms with Crippen molar-refractivity contribution in [3.8, 4) is 0 Å². The molecule has 0 aliphatic rings. The third-order valence-electron chi connectivity index (χ3n) is 3.10. The van der Waals surface area contributed by atoms with Crippen molar-refractivity contribution in [3.63, 3.8) is 0 Å². The first kappa shape index (κ1) is 13.9. The number of hydrogen-bond acceptors (Lipinski definition) is 2. The van der Waals surface area contributed by atoms with Crippen LogP contribution in [0.1, 0.15) is 28.4 Å². The Morgan fingerprint density at radius 1 is 1.00 bits per heavy atom. The van der Waals surface area contributed by atoms with E-state index < -0.39 is 11.6 Å². The van der Waals surface area contributed by atoms with Gasteiger partial charge >= 0.3 is 5.97 Å². The molecule has 0 saturated carbocycles. The molecule has 1 atom stereocenters. The first-order valence-electron chi connectivity index (χ1n) is 6.05. The highest BCUT2D eigenvalue weighted by Crippen LogP contribution is 2.27. The molecule has 0 heterocycles. The minimum absolute atomic E-state index is 0.0493. The average Bonchev–Trinajstić information content (AvgIpc) is 2.47. The number of alkyl halides is 1. The van der Waals surface area contributed by atoms with Gasteiger partial charge in [-0.1, -0.05) is 48.5 Å². The molecule has 1 N–H and O–H groups in total. The minimum Gasteiger partial charge on any atom is -0.479 e. The second-order valence-electron chi connectivity index (χ2n) is 4.58. The van der Waals surface area contributed by atoms with Gasteiger partial charge < -0.3 is 5.11 Å². The quantitative estimate of drug-likeness (QED) is 0.870. The minimum atomic E-state index is -2.52. The summed E-state index contributed by atoms with van der Waals surface area (Å²) >= 11 is 0. The van der Waals surface area contributed by atoms with Crippen molar-refractivity contribution < 1.29 is 19.1 Å². The predicted octanol–water partition coefficient (Wildman–Crippen LogP) is 3.19. The zero-order valence-electron chi connectivity index (χ0n) is 10.8. The van der Waals surface area contributed by atoms with E-state index in [2.05, 4.69) is 0 Å². The fraction of sp³-hybridized carbons (Fsp3) is 0.125. The molecular formula is C16H13FO3. The summed E-state index contributed by atoms with van der Waals surface area (Å²) in [5, 5.41) is 8.88. The van der Waals surface area contributed by atoms with E-state index in [1.54, 1.807) is 30.3 Å². The van der Waals surface area contributed by atoms with Gasteiger partial charge in [-0.2, -0.15) is 0 Å². The molecule has 0 aliphatic carbocycles. The number of carbonyl (C=O) groups is 2. The lowest BCUT2D eigenvalue weighted by atomic mass is 9.94. The summed E-state index contributed by atoms with van der Waals surface area (Å²) in [6, 6.07) is 14.2. The van der Waals surface area contributed by atoms with Crippen LogP contribution >= 0.6 is 0 Å². The van der Waals surface area contributed by atoms with E-state index in [4.69, 9.17) is 5.11 Å². The first-order chi connectivity index (χ1) is 9.43. The Labute approximate surface area is 115 Å². The number of aliphatic carboxylic acids is 1. The van der Waals surface area contributed by atoms with Crippen LogP contribution in [0, 0.1) is 0 Å². The molecule has 0 fully saturated rings. The van der Waals surface area contributed by atoms with E-state index in [-0.39, 0.29) is 16.9 Å². The fourth-order valence-corrected chi connectivity index (χ4v) is 1.83. The molecule has 2 aromatic carbocycles. The van der Waals surface area contributed by atoms with E-state index in [9.17, 15) is 14.0 Å². The van der Waals surface area contributed by atoms with Gasteiger partial charge in [-0.05, 0) is 13.0 Å². The lowest BCUT2D eigenvalue weighted by Gasteiger charge is -2.16. The normalized spacial score (nSPS) is 13.5. The average molecular weight is 272 g/mol. The third-order valence-corrected chi connectivity index (χ3v) is 3.10. The fourth-order valence-electron chi connectivity index (χ4n) is 1.83. The molecule has 0 aromatic heterocycles. The molecule has 2 aromatic rings. The molecule has 2 rings (SSSR count). The highest BCUT2D eigenvalue weighted by Gasteiger charge is 2.35. The summed E-state index contributed by atoms with van der Waals surface area (Å²) in [4.78, 5) is 23.1. The SMILES string of the molecule is C[C@@](F)(C(=O)O)c1cccc(C(=O)c2ccccc2)c1. The largest absolute Gasteiger partial charge is 0.479 e. The topological polar surface area (TPSA) is 54.4 Å². The van der Waals surface area contributed by atoms with Gasteiger partial charge in [0.25, 0.3) is 0 Å². The van der Waals surface area contributed by atoms with E-state index in [0.29, 0.717) is 5.56 Å². The van der Waals surface area contributed by atoms with Crippen molar-refractivity contribution in [1.82, 2.24) is 0 Å². The predicted molar refractivity (Wildman–Crippen MR) is 72.4 cm³/mol. The maximum absolute atomic E-state index is 14.1. The van der Waals surface area contributed by atoms with Crippen LogP contribution in [0.4, 0.5) is 4.39 Å². The first-order valence-corrected chi connectivity index (χ1v) is 6.05. The third kappa shape index (κ3) is 2.59. The molecule has 0 unspecified atom stereocenters. The van der Waals surface area contributed by atoms with Gasteiger partial charge in [0.2, 0.25) is 5.67 Å². The van der Waals surface area contributed by atoms with Gasteiger partial charge in [0, 0.05) is 16.7 Å². The molecule has 20 heavy (non-hydrogen) atoms. The van der Waals surface area contributed by atoms with Crippen molar-refractivity contribution >= 4 is 11.8 Å². The summed E-state index contributed by atoms with van der Waals surface area (Å²) < 4.78 is 14.1. The van der Waals surface area contributed by atoms with E-state index in [0.717, 1.165) is 6.92 Å². The van der Waals surface area contributed by atoms with Crippen molar-refractivity contribution in [2.75, 3.05) is 0 Å². The highest BCUT2D eigenvalue weighted by atomic mass is 19.1. The highest BCUT2D eigenvalue weighted by molar-refractivity contribution is 6.09. The standard InChI is InChI=1S/C16H13FO3/c1-16(17,15(19)20)13-9-5-8-12(10-13)14(18)11-6-3-2-4-7-11/h2-10H,1H3,(H,19,20)/t16-/m0/s1. The summed E-state index contributed by atoms with van der Waals surface area (Å²) in [7, 11) is 0. The van der Waals surface area contributed by atoms with Crippen molar-refractivity contribution in [1.29, 1.82) is 0 Å². The molecule has 0 amide bonds. The maximum Gasteiger partial charge on any atom is 0.345 e. The van der Waals surface area contributed by atoms with Gasteiger partial charge in [0.15, 0.2) is 5.78 Å². The number of halogens is 1. The number of carbonyl (C=O) groups excluding carboxylic acids is 1. The van der Waals surface area contributed by atoms with Gasteiger partial charge in [-0.3, -0.25) is 4.79 Å². The van der Waals surface area contributed by atoms with Crippen molar-refractivity contribution in [3.05, 3.63) is 71.3 Å². The number of rotatable bonds is 4. The lowest BCUT2D eigenvalue weighted by molar-refractivity contribution is -0.150. The van der Waals surface area contributed by atoms with Gasteiger partial charge in [0.1, 0.15) is 0 Å². The second kappa shape index (κ2) is 5.25. The lowest BCUT2D eigenvalue weighted by Crippen LogP contribution is -2.27. The molecule has 3 nitrogen and oxygen atoms in total. The molecule has 0 radical (unpaired) electrons. The van der Waals surface area contributed by atoms with Crippen LogP contribution in [0.25, 0.3) is 0 Å². The van der Waals surface area contributed by atoms with Crippen LogP contribution in [0.15, 0.2) is 54.6 Å². The smallest absolute Gasteiger partial charge is 0.345 e. The molecule has 102 valence electrons. The Kier molecular flexibility index (Phi) is 3.66. The second-order valence-corrected chi connectivity index (χ2v) is 4.58. The molecular weight excluding hydrogens is 259 g/mol. The summed E-state index contributed by atoms with van der Waals surface area (Å²) in [6.07, 6.45) is 0. The van der Waals surface area contributed by atoms with Gasteiger partial charge in [-0.15, -0.1) is 0 Å². The van der Waals surface area contributed by atoms with Gasteiger partial charge in [0.05, 0.1) is 0 Å². The number of ketones is 1. The molecule has 4 heteroatoms. The maximum atomic E-state index is 14.1. The number of hydrogen-bond donors (Lipinski definition) is 1. The van der Waals surface area contributed by atoms with Crippen molar-refractivity contribution in [2.45, 2.75) is 12.6 Å². The number of carboxylic acid groups (broad SMARTS) is 1. The summed E-state index contributed by atoms with van der Waals surface area (Å²) in [5.74, 6) is -1.85. The Hall–Kier alpha value is -2.49. The molecule has 0 spiro atoms. The van der Waals surface area contributed by atoms with Crippen LogP contribution in [0.5, 0.6) is 0 Å². The Morgan fingerprint density at radius 3 is 2.20 bits per heavy atom. The number of benzene rings is 2. The number of carboxylic acids is 1. The van der Waals surface area contributed by atoms with E-state index >= 15 is 0 Å². The molecule has 0 saturated heterocycles. The molecule has 0 aliphatic heterocycles. The van der Waals surface area contributed by atoms with Crippen LogP contribution < -0.4 is 0 Å². The Morgan fingerprint density at radius 2 is 1.60 bits per heavy atom. The van der Waals surface area contributed by atoms with Crippen molar-refractivity contribution in [2.24, 2.45) is 0 Å². The summed E-state index contributed by atoms with van der Waals surface area (Å²) in [5.41, 5.74) is -1.83. The zero-order chi connectivity index (χ0) is 14.8. The van der Waals surface area contributed by atoms with Crippen LogP contribution in [0.2, 0.25) is 0 Å². The Bertz CT molecular complexity index is 648. The van der Waals surface area contributed by atoms with Crippen LogP contribution in [0.3, 0.4) is 0 Å². The molecule has 0 bridgehead atoms. The monoisotopic (exact) mass is 272 g/mol. The van der Waals surface area contributed by atoms with E-state index in [1.807, 2.05) is 0 Å². The van der Waals surface area contributed by atoms with Crippen LogP contribution in [-0.4, -0.2) is 16.9 Å². The van der Waals surface area contributed by atoms with Crippen LogP contribution in [-0.2, 0) is 10.5 Å². The summed E-state index contributed by atoms with van der Waals surface area (Å²) in [6.45, 7) is 0.960. The van der Waals surface area contributed by atoms with Gasteiger partial charge in [-0.25, -0.2) is 9.18 Å². The van der Waals surface area contributed by atoms with E-state index in [1.165, 1.54) is 24.3 Å².